The van der Waals surface area contributed by atoms with Crippen LogP contribution in [0.15, 0.2) is 57.5 Å². The lowest BCUT2D eigenvalue weighted by Gasteiger charge is -2.11. The summed E-state index contributed by atoms with van der Waals surface area (Å²) in [5, 5.41) is 40.0. The Morgan fingerprint density at radius 3 is 1.24 bits per heavy atom. The molecule has 0 aliphatic heterocycles. The lowest BCUT2D eigenvalue weighted by atomic mass is 10.0. The zero-order chi connectivity index (χ0) is 38.6. The van der Waals surface area contributed by atoms with Crippen LogP contribution in [0.5, 0.6) is 11.5 Å². The number of fused-ring (bicyclic) bond motifs is 4. The van der Waals surface area contributed by atoms with Crippen molar-refractivity contribution in [3.63, 3.8) is 0 Å². The van der Waals surface area contributed by atoms with Crippen LogP contribution in [0.4, 0.5) is 27.6 Å². The summed E-state index contributed by atoms with van der Waals surface area (Å²) in [5.74, 6) is -6.13. The Labute approximate surface area is 309 Å². The highest BCUT2D eigenvalue weighted by molar-refractivity contribution is 7.25. The fraction of sp³-hybridized carbons (Fsp3) is 0.105. The van der Waals surface area contributed by atoms with Gasteiger partial charge in [0, 0.05) is 44.2 Å². The number of nitriles is 4. The Morgan fingerprint density at radius 1 is 0.593 bits per heavy atom. The van der Waals surface area contributed by atoms with Gasteiger partial charge < -0.3 is 9.47 Å². The number of halogens is 4. The number of carbonyl (C=O) groups excluding carboxylic acids is 2. The molecule has 2 aliphatic rings. The average molecular weight is 761 g/mol. The Kier molecular flexibility index (Phi) is 8.88. The number of allylic oxidation sites excluding steroid dienone is 4. The van der Waals surface area contributed by atoms with E-state index in [0.29, 0.717) is 43.8 Å². The summed E-state index contributed by atoms with van der Waals surface area (Å²) in [5.41, 5.74) is -3.09. The topological polar surface area (TPSA) is 172 Å². The molecule has 0 spiro atoms. The zero-order valence-electron chi connectivity index (χ0n) is 27.5. The van der Waals surface area contributed by atoms with Gasteiger partial charge in [0.2, 0.25) is 11.6 Å². The maximum atomic E-state index is 14.3. The van der Waals surface area contributed by atoms with Crippen LogP contribution in [0.25, 0.3) is 31.3 Å². The third kappa shape index (κ3) is 5.41. The van der Waals surface area contributed by atoms with Crippen molar-refractivity contribution in [2.75, 3.05) is 13.2 Å². The van der Waals surface area contributed by atoms with Crippen molar-refractivity contribution < 1.29 is 36.6 Å². The summed E-state index contributed by atoms with van der Waals surface area (Å²) < 4.78 is 70.1. The number of Topliss-reactive ketones (excluding diaryl/α,β-unsaturated/α-hetero) is 2. The first kappa shape index (κ1) is 35.4. The van der Waals surface area contributed by atoms with E-state index in [-0.39, 0.29) is 68.0 Å². The Hall–Kier alpha value is -6.98. The first-order valence-corrected chi connectivity index (χ1v) is 17.3. The highest BCUT2D eigenvalue weighted by atomic mass is 32.1. The summed E-state index contributed by atoms with van der Waals surface area (Å²) in [6, 6.07) is 12.8. The minimum absolute atomic E-state index is 0.148. The van der Waals surface area contributed by atoms with Gasteiger partial charge in [-0.25, -0.2) is 27.5 Å². The molecule has 0 unspecified atom stereocenters. The Bertz CT molecular complexity index is 2610. The van der Waals surface area contributed by atoms with Gasteiger partial charge in [0.25, 0.3) is 0 Å². The second-order valence-electron chi connectivity index (χ2n) is 11.3. The number of ketones is 2. The molecule has 3 aromatic carbocycles. The lowest BCUT2D eigenvalue weighted by Crippen LogP contribution is -2.07. The third-order valence-corrected chi connectivity index (χ3v) is 10.4. The van der Waals surface area contributed by atoms with Crippen LogP contribution in [-0.2, 0) is 0 Å². The molecular weight excluding hydrogens is 745 g/mol. The number of rotatable bonds is 6. The monoisotopic (exact) mass is 760 g/mol. The molecule has 0 fully saturated rings. The van der Waals surface area contributed by atoms with Crippen molar-refractivity contribution in [1.29, 1.82) is 21.0 Å². The molecule has 0 bridgehead atoms. The first-order valence-electron chi connectivity index (χ1n) is 15.6. The number of aliphatic imine (C=N–C) groups is 2. The van der Waals surface area contributed by atoms with Crippen LogP contribution in [0, 0.1) is 68.6 Å². The molecule has 54 heavy (non-hydrogen) atoms. The van der Waals surface area contributed by atoms with Crippen LogP contribution < -0.4 is 9.47 Å². The lowest BCUT2D eigenvalue weighted by molar-refractivity contribution is 0.106. The van der Waals surface area contributed by atoms with Gasteiger partial charge in [-0.15, -0.1) is 22.7 Å². The van der Waals surface area contributed by atoms with Crippen LogP contribution in [-0.4, -0.2) is 36.2 Å². The molecule has 5 aromatic rings. The van der Waals surface area contributed by atoms with E-state index in [0.717, 1.165) is 34.8 Å². The second kappa shape index (κ2) is 13.5. The SMILES string of the molecule is CCOc1c2cc(/N=C3\C(=O)c4cc(F)c(F)cc4C3=C(C#N)C#N)sc2c(OCC)c2cc(/N=C3\C(=O)c4cc(F)c(F)cc4C3=C(C#N)C#N)sc12. The zero-order valence-corrected chi connectivity index (χ0v) is 29.2. The molecule has 2 aromatic heterocycles. The van der Waals surface area contributed by atoms with Gasteiger partial charge in [0.1, 0.15) is 68.3 Å². The predicted molar refractivity (Wildman–Crippen MR) is 191 cm³/mol. The van der Waals surface area contributed by atoms with E-state index in [1.807, 2.05) is 0 Å². The van der Waals surface area contributed by atoms with Crippen molar-refractivity contribution >= 4 is 87.0 Å². The van der Waals surface area contributed by atoms with E-state index in [4.69, 9.17) is 9.47 Å². The third-order valence-electron chi connectivity index (χ3n) is 8.36. The van der Waals surface area contributed by atoms with E-state index in [2.05, 4.69) is 9.98 Å². The summed E-state index contributed by atoms with van der Waals surface area (Å²) in [4.78, 5) is 36.0. The van der Waals surface area contributed by atoms with E-state index >= 15 is 0 Å². The molecule has 2 aliphatic carbocycles. The molecule has 262 valence electrons. The molecule has 0 saturated heterocycles. The molecule has 7 rings (SSSR count). The highest BCUT2D eigenvalue weighted by Crippen LogP contribution is 2.53. The van der Waals surface area contributed by atoms with Crippen LogP contribution in [0.1, 0.15) is 45.7 Å². The summed E-state index contributed by atoms with van der Waals surface area (Å²) in [7, 11) is 0. The number of thiophene rings is 2. The van der Waals surface area contributed by atoms with Crippen molar-refractivity contribution in [3.05, 3.63) is 93.1 Å². The standard InChI is InChI=1S/C38H16F4N6O4S2/c1-3-51-35-21-9-27(47-31-29(15(11-43)12-44)17-5-23(39)25(41)7-19(17)33(31)49)54-38(21)36(52-4-2)22-10-28(53-37(22)35)48-32-30(16(13-45)14-46)18-6-24(40)26(42)8-20(18)34(32)50/h5-10H,3-4H2,1-2H3/b47-31-,48-32-. The van der Waals surface area contributed by atoms with Crippen molar-refractivity contribution in [2.45, 2.75) is 13.8 Å². The van der Waals surface area contributed by atoms with Gasteiger partial charge in [-0.3, -0.25) is 9.59 Å². The maximum absolute atomic E-state index is 14.3. The fourth-order valence-electron chi connectivity index (χ4n) is 6.19. The van der Waals surface area contributed by atoms with E-state index < -0.39 is 46.0 Å². The molecular formula is C38H16F4N6O4S2. The second-order valence-corrected chi connectivity index (χ2v) is 13.4. The minimum atomic E-state index is -1.29. The number of hydrogen-bond acceptors (Lipinski definition) is 12. The van der Waals surface area contributed by atoms with E-state index in [9.17, 15) is 48.2 Å². The number of nitrogens with zero attached hydrogens (tertiary/aromatic N) is 6. The van der Waals surface area contributed by atoms with Crippen LogP contribution in [0.3, 0.4) is 0 Å². The molecule has 0 N–H and O–H groups in total. The molecule has 2 heterocycles. The van der Waals surface area contributed by atoms with Gasteiger partial charge in [0.15, 0.2) is 23.3 Å². The summed E-state index contributed by atoms with van der Waals surface area (Å²) >= 11 is 2.10. The average Bonchev–Trinajstić information content (AvgIpc) is 3.89. The summed E-state index contributed by atoms with van der Waals surface area (Å²) in [6.45, 7) is 3.83. The molecule has 10 nitrogen and oxygen atoms in total. The summed E-state index contributed by atoms with van der Waals surface area (Å²) in [6.07, 6.45) is 0. The number of carbonyl (C=O) groups is 2. The first-order chi connectivity index (χ1) is 26.0. The van der Waals surface area contributed by atoms with Gasteiger partial charge in [-0.05, 0) is 50.2 Å². The highest BCUT2D eigenvalue weighted by Gasteiger charge is 2.38. The van der Waals surface area contributed by atoms with Gasteiger partial charge >= 0.3 is 0 Å². The minimum Gasteiger partial charge on any atom is -0.492 e. The largest absolute Gasteiger partial charge is 0.492 e. The smallest absolute Gasteiger partial charge is 0.212 e. The Balaban J connectivity index is 1.44. The fourth-order valence-corrected chi connectivity index (χ4v) is 8.29. The normalized spacial score (nSPS) is 14.6. The van der Waals surface area contributed by atoms with Crippen LogP contribution in [0.2, 0.25) is 0 Å². The van der Waals surface area contributed by atoms with E-state index in [1.54, 1.807) is 50.3 Å². The molecule has 0 atom stereocenters. The van der Waals surface area contributed by atoms with Crippen molar-refractivity contribution in [2.24, 2.45) is 9.98 Å². The van der Waals surface area contributed by atoms with E-state index in [1.165, 1.54) is 0 Å². The quantitative estimate of drug-likeness (QED) is 0.122. The molecule has 0 amide bonds. The number of ether oxygens (including phenoxy) is 2. The predicted octanol–water partition coefficient (Wildman–Crippen LogP) is 9.01. The van der Waals surface area contributed by atoms with Crippen molar-refractivity contribution in [1.82, 2.24) is 0 Å². The van der Waals surface area contributed by atoms with Gasteiger partial charge in [-0.2, -0.15) is 21.0 Å². The molecule has 16 heteroatoms. The maximum Gasteiger partial charge on any atom is 0.212 e. The molecule has 0 saturated carbocycles. The number of benzene rings is 3. The van der Waals surface area contributed by atoms with Gasteiger partial charge in [-0.1, -0.05) is 0 Å². The number of hydrogen-bond donors (Lipinski definition) is 0. The molecule has 0 radical (unpaired) electrons. The Morgan fingerprint density at radius 2 is 0.926 bits per heavy atom. The van der Waals surface area contributed by atoms with Crippen LogP contribution >= 0.6 is 22.7 Å². The van der Waals surface area contributed by atoms with Crippen molar-refractivity contribution in [3.8, 4) is 35.8 Å². The van der Waals surface area contributed by atoms with Gasteiger partial charge in [0.05, 0.1) is 22.6 Å².